The highest BCUT2D eigenvalue weighted by molar-refractivity contribution is 6.09. The van der Waals surface area contributed by atoms with Crippen molar-refractivity contribution in [2.75, 3.05) is 0 Å². The van der Waals surface area contributed by atoms with Crippen LogP contribution in [0.1, 0.15) is 22.4 Å². The van der Waals surface area contributed by atoms with Crippen LogP contribution in [-0.2, 0) is 5.41 Å². The van der Waals surface area contributed by atoms with Gasteiger partial charge in [0.15, 0.2) is 0 Å². The monoisotopic (exact) mass is 669 g/mol. The fourth-order valence-corrected chi connectivity index (χ4v) is 7.88. The molecule has 0 bridgehead atoms. The third kappa shape index (κ3) is 4.71. The van der Waals surface area contributed by atoms with Gasteiger partial charge in [0.05, 0.1) is 27.8 Å². The maximum absolute atomic E-state index is 6.66. The second kappa shape index (κ2) is 12.1. The number of hydrogen-bond donors (Lipinski definition) is 0. The van der Waals surface area contributed by atoms with Crippen LogP contribution in [0.3, 0.4) is 0 Å². The summed E-state index contributed by atoms with van der Waals surface area (Å²) in [5, 5.41) is 2.46. The zero-order valence-corrected chi connectivity index (χ0v) is 28.1. The Hall–Kier alpha value is -6.98. The molecule has 0 fully saturated rings. The van der Waals surface area contributed by atoms with Crippen molar-refractivity contribution in [3.63, 3.8) is 0 Å². The van der Waals surface area contributed by atoms with E-state index in [1.807, 2.05) is 67.0 Å². The Balaban J connectivity index is 1.05. The van der Waals surface area contributed by atoms with Gasteiger partial charge in [-0.05, 0) is 78.4 Å². The minimum Gasteiger partial charge on any atom is -0.457 e. The van der Waals surface area contributed by atoms with Crippen molar-refractivity contribution in [3.05, 3.63) is 211 Å². The van der Waals surface area contributed by atoms with Crippen molar-refractivity contribution in [1.82, 2.24) is 14.5 Å². The first-order chi connectivity index (χ1) is 25.8. The molecule has 5 nitrogen and oxygen atoms in total. The molecule has 6 aromatic carbocycles. The van der Waals surface area contributed by atoms with E-state index in [-0.39, 0.29) is 0 Å². The van der Waals surface area contributed by atoms with E-state index >= 15 is 0 Å². The molecular weight excluding hydrogens is 639 g/mol. The Labute approximate surface area is 301 Å². The van der Waals surface area contributed by atoms with Crippen LogP contribution in [-0.4, -0.2) is 14.5 Å². The second-order valence-corrected chi connectivity index (χ2v) is 13.0. The Morgan fingerprint density at radius 2 is 1.13 bits per heavy atom. The highest BCUT2D eigenvalue weighted by Gasteiger charge is 2.46. The first-order valence-corrected chi connectivity index (χ1v) is 17.4. The topological polar surface area (TPSA) is 49.2 Å². The van der Waals surface area contributed by atoms with E-state index < -0.39 is 5.41 Å². The second-order valence-electron chi connectivity index (χ2n) is 13.0. The summed E-state index contributed by atoms with van der Waals surface area (Å²) in [5.74, 6) is 3.06. The largest absolute Gasteiger partial charge is 0.457 e. The van der Waals surface area contributed by atoms with Gasteiger partial charge in [-0.15, -0.1) is 0 Å². The molecule has 0 spiro atoms. The van der Waals surface area contributed by atoms with Crippen LogP contribution in [0, 0.1) is 0 Å². The van der Waals surface area contributed by atoms with Gasteiger partial charge in [-0.3, -0.25) is 9.97 Å². The van der Waals surface area contributed by atoms with Crippen molar-refractivity contribution in [2.45, 2.75) is 5.41 Å². The van der Waals surface area contributed by atoms with Gasteiger partial charge in [0.2, 0.25) is 0 Å². The fourth-order valence-electron chi connectivity index (χ4n) is 7.88. The SMILES string of the molecule is c1ccc(C2(c3cccc(Oc4cccc(-c5cc(-n6c7ccccc7c7ccccc76)ccn5)c4)c3)c3ccccc3Oc3ccccc32)nc1. The van der Waals surface area contributed by atoms with Crippen molar-refractivity contribution >= 4 is 21.8 Å². The minimum absolute atomic E-state index is 0.721. The first kappa shape index (κ1) is 29.9. The molecule has 52 heavy (non-hydrogen) atoms. The zero-order chi connectivity index (χ0) is 34.5. The van der Waals surface area contributed by atoms with Crippen LogP contribution in [0.2, 0.25) is 0 Å². The number of pyridine rings is 2. The number of nitrogens with zero attached hydrogens (tertiary/aromatic N) is 3. The lowest BCUT2D eigenvalue weighted by Gasteiger charge is -2.40. The lowest BCUT2D eigenvalue weighted by molar-refractivity contribution is 0.431. The van der Waals surface area contributed by atoms with Crippen LogP contribution in [0.4, 0.5) is 0 Å². The summed E-state index contributed by atoms with van der Waals surface area (Å²) in [6.07, 6.45) is 3.74. The summed E-state index contributed by atoms with van der Waals surface area (Å²) in [7, 11) is 0. The van der Waals surface area contributed by atoms with Gasteiger partial charge in [-0.25, -0.2) is 0 Å². The van der Waals surface area contributed by atoms with Crippen molar-refractivity contribution in [3.8, 4) is 39.9 Å². The molecule has 5 heteroatoms. The molecule has 0 saturated carbocycles. The third-order valence-electron chi connectivity index (χ3n) is 10.1. The molecule has 0 saturated heterocycles. The Kier molecular flexibility index (Phi) is 6.96. The molecular formula is C47H31N3O2. The number of ether oxygens (including phenoxy) is 2. The molecule has 0 amide bonds. The van der Waals surface area contributed by atoms with Crippen LogP contribution in [0.5, 0.6) is 23.0 Å². The Morgan fingerprint density at radius 1 is 0.500 bits per heavy atom. The fraction of sp³-hybridized carbons (Fsp3) is 0.0213. The highest BCUT2D eigenvalue weighted by Crippen LogP contribution is 2.55. The molecule has 0 unspecified atom stereocenters. The maximum atomic E-state index is 6.66. The molecule has 9 aromatic rings. The van der Waals surface area contributed by atoms with Crippen LogP contribution in [0.25, 0.3) is 38.8 Å². The number of benzene rings is 6. The number of para-hydroxylation sites is 4. The third-order valence-corrected chi connectivity index (χ3v) is 10.1. The van der Waals surface area contributed by atoms with Gasteiger partial charge in [0.25, 0.3) is 0 Å². The number of rotatable bonds is 6. The molecule has 1 aliphatic rings. The maximum Gasteiger partial charge on any atom is 0.132 e. The molecule has 4 heterocycles. The van der Waals surface area contributed by atoms with E-state index in [1.54, 1.807) is 0 Å². The summed E-state index contributed by atoms with van der Waals surface area (Å²) in [6, 6.07) is 60.3. The molecule has 10 rings (SSSR count). The predicted octanol–water partition coefficient (Wildman–Crippen LogP) is 11.5. The van der Waals surface area contributed by atoms with Crippen LogP contribution >= 0.6 is 0 Å². The van der Waals surface area contributed by atoms with E-state index in [2.05, 4.69) is 126 Å². The average Bonchev–Trinajstić information content (AvgIpc) is 3.55. The predicted molar refractivity (Wildman–Crippen MR) is 207 cm³/mol. The van der Waals surface area contributed by atoms with Gasteiger partial charge in [-0.2, -0.15) is 0 Å². The smallest absolute Gasteiger partial charge is 0.132 e. The normalized spacial score (nSPS) is 12.9. The molecule has 0 atom stereocenters. The average molecular weight is 670 g/mol. The first-order valence-electron chi connectivity index (χ1n) is 17.4. The van der Waals surface area contributed by atoms with Gasteiger partial charge < -0.3 is 14.0 Å². The van der Waals surface area contributed by atoms with Gasteiger partial charge >= 0.3 is 0 Å². The summed E-state index contributed by atoms with van der Waals surface area (Å²) in [4.78, 5) is 9.76. The molecule has 246 valence electrons. The standard InChI is InChI=1S/C47H31N3O2/c1-5-21-42-37(17-1)38-18-2-6-22-43(38)50(42)34-26-28-48-41(31-34)32-13-11-15-35(29-32)51-36-16-12-14-33(30-36)47(46-25-9-10-27-49-46)39-19-3-7-23-44(39)52-45-24-8-4-20-40(45)47/h1-31H. The lowest BCUT2D eigenvalue weighted by Crippen LogP contribution is -2.35. The summed E-state index contributed by atoms with van der Waals surface area (Å²) < 4.78 is 15.4. The van der Waals surface area contributed by atoms with E-state index in [0.29, 0.717) is 0 Å². The van der Waals surface area contributed by atoms with Gasteiger partial charge in [-0.1, -0.05) is 103 Å². The quantitative estimate of drug-likeness (QED) is 0.177. The summed E-state index contributed by atoms with van der Waals surface area (Å²) in [5.41, 5.74) is 8.48. The number of aromatic nitrogens is 3. The van der Waals surface area contributed by atoms with Gasteiger partial charge in [0, 0.05) is 45.5 Å². The van der Waals surface area contributed by atoms with E-state index in [0.717, 1.165) is 73.4 Å². The summed E-state index contributed by atoms with van der Waals surface area (Å²) >= 11 is 0. The molecule has 0 radical (unpaired) electrons. The van der Waals surface area contributed by atoms with Gasteiger partial charge in [0.1, 0.15) is 23.0 Å². The highest BCUT2D eigenvalue weighted by atomic mass is 16.5. The Bertz CT molecular complexity index is 2670. The molecule has 1 aliphatic heterocycles. The van der Waals surface area contributed by atoms with Crippen molar-refractivity contribution in [2.24, 2.45) is 0 Å². The lowest BCUT2D eigenvalue weighted by atomic mass is 9.65. The number of hydrogen-bond acceptors (Lipinski definition) is 4. The van der Waals surface area contributed by atoms with E-state index in [4.69, 9.17) is 19.4 Å². The van der Waals surface area contributed by atoms with E-state index in [9.17, 15) is 0 Å². The van der Waals surface area contributed by atoms with E-state index in [1.165, 1.54) is 10.8 Å². The van der Waals surface area contributed by atoms with Crippen molar-refractivity contribution in [1.29, 1.82) is 0 Å². The zero-order valence-electron chi connectivity index (χ0n) is 28.1. The van der Waals surface area contributed by atoms with Crippen molar-refractivity contribution < 1.29 is 9.47 Å². The molecule has 0 N–H and O–H groups in total. The Morgan fingerprint density at radius 3 is 1.85 bits per heavy atom. The van der Waals surface area contributed by atoms with Crippen LogP contribution < -0.4 is 9.47 Å². The molecule has 3 aromatic heterocycles. The molecule has 0 aliphatic carbocycles. The van der Waals surface area contributed by atoms with Crippen LogP contribution in [0.15, 0.2) is 188 Å². The summed E-state index contributed by atoms with van der Waals surface area (Å²) in [6.45, 7) is 0. The number of fused-ring (bicyclic) bond motifs is 5. The minimum atomic E-state index is -0.731.